The van der Waals surface area contributed by atoms with Crippen molar-refractivity contribution in [2.45, 2.75) is 0 Å². The molecule has 0 bridgehead atoms. The Bertz CT molecular complexity index is 902. The van der Waals surface area contributed by atoms with Crippen molar-refractivity contribution in [1.82, 2.24) is 15.4 Å². The van der Waals surface area contributed by atoms with Crippen LogP contribution < -0.4 is 10.9 Å². The highest BCUT2D eigenvalue weighted by Gasteiger charge is 2.15. The number of hydrogen-bond acceptors (Lipinski definition) is 2. The molecule has 6 heteroatoms. The minimum atomic E-state index is -0.346. The molecule has 3 aromatic rings. The van der Waals surface area contributed by atoms with E-state index in [1.165, 1.54) is 0 Å². The molecule has 0 spiro atoms. The van der Waals surface area contributed by atoms with Crippen LogP contribution in [0.25, 0.3) is 10.9 Å². The summed E-state index contributed by atoms with van der Waals surface area (Å²) in [6, 6.07) is 14.8. The Morgan fingerprint density at radius 3 is 2.26 bits per heavy atom. The molecular weight excluding hydrogens is 405 g/mol. The lowest BCUT2D eigenvalue weighted by molar-refractivity contribution is 0.0847. The predicted octanol–water partition coefficient (Wildman–Crippen LogP) is 2.86. The summed E-state index contributed by atoms with van der Waals surface area (Å²) in [4.78, 5) is 24.5. The Kier molecular flexibility index (Phi) is 4.33. The maximum Gasteiger partial charge on any atom is 0.271 e. The number of aromatic nitrogens is 1. The van der Waals surface area contributed by atoms with Gasteiger partial charge in [-0.05, 0) is 40.8 Å². The lowest BCUT2D eigenvalue weighted by Crippen LogP contribution is -2.41. The second-order valence-corrected chi connectivity index (χ2v) is 6.22. The predicted molar refractivity (Wildman–Crippen MR) is 97.0 cm³/mol. The van der Waals surface area contributed by atoms with Crippen LogP contribution in [0.2, 0.25) is 0 Å². The van der Waals surface area contributed by atoms with Gasteiger partial charge in [0.25, 0.3) is 11.8 Å². The number of carbonyl (C=O) groups excluding carboxylic acids is 2. The zero-order valence-corrected chi connectivity index (χ0v) is 14.5. The number of nitrogens with one attached hydrogen (secondary N) is 2. The molecular formula is C17H14IN3O2. The second kappa shape index (κ2) is 6.41. The summed E-state index contributed by atoms with van der Waals surface area (Å²) in [6.45, 7) is 0. The Hall–Kier alpha value is -2.35. The summed E-state index contributed by atoms with van der Waals surface area (Å²) in [7, 11) is 1.88. The van der Waals surface area contributed by atoms with E-state index in [0.717, 1.165) is 14.5 Å². The molecule has 0 radical (unpaired) electrons. The molecule has 0 atom stereocenters. The zero-order valence-electron chi connectivity index (χ0n) is 12.3. The van der Waals surface area contributed by atoms with E-state index in [1.54, 1.807) is 18.3 Å². The summed E-state index contributed by atoms with van der Waals surface area (Å²) >= 11 is 2.08. The molecule has 0 fully saturated rings. The number of fused-ring (bicyclic) bond motifs is 1. The van der Waals surface area contributed by atoms with E-state index in [-0.39, 0.29) is 11.8 Å². The topological polar surface area (TPSA) is 63.1 Å². The summed E-state index contributed by atoms with van der Waals surface area (Å²) in [5.74, 6) is -0.690. The molecule has 1 aromatic heterocycles. The number of aryl methyl sites for hydroxylation is 1. The van der Waals surface area contributed by atoms with Crippen molar-refractivity contribution < 1.29 is 9.59 Å². The zero-order chi connectivity index (χ0) is 16.4. The molecule has 1 heterocycles. The summed E-state index contributed by atoms with van der Waals surface area (Å²) in [5.41, 5.74) is 6.93. The molecule has 0 saturated heterocycles. The summed E-state index contributed by atoms with van der Waals surface area (Å²) in [6.07, 6.45) is 1.75. The molecule has 0 aliphatic heterocycles. The van der Waals surface area contributed by atoms with Gasteiger partial charge in [-0.25, -0.2) is 0 Å². The van der Waals surface area contributed by atoms with Crippen molar-refractivity contribution in [3.05, 3.63) is 69.4 Å². The van der Waals surface area contributed by atoms with Gasteiger partial charge in [-0.2, -0.15) is 0 Å². The number of hydrazine groups is 1. The van der Waals surface area contributed by atoms with E-state index >= 15 is 0 Å². The van der Waals surface area contributed by atoms with Gasteiger partial charge in [-0.3, -0.25) is 20.4 Å². The third-order valence-electron chi connectivity index (χ3n) is 3.55. The number of nitrogens with zero attached hydrogens (tertiary/aromatic N) is 1. The van der Waals surface area contributed by atoms with Gasteiger partial charge in [0.15, 0.2) is 0 Å². The number of carbonyl (C=O) groups is 2. The molecule has 0 aliphatic carbocycles. The average Bonchev–Trinajstić information content (AvgIpc) is 2.90. The monoisotopic (exact) mass is 419 g/mol. The first-order valence-electron chi connectivity index (χ1n) is 6.97. The van der Waals surface area contributed by atoms with Gasteiger partial charge in [0.1, 0.15) is 0 Å². The minimum absolute atomic E-state index is 0.344. The van der Waals surface area contributed by atoms with Crippen LogP contribution in [0, 0.1) is 3.57 Å². The van der Waals surface area contributed by atoms with Gasteiger partial charge in [0, 0.05) is 27.7 Å². The first-order chi connectivity index (χ1) is 11.1. The highest BCUT2D eigenvalue weighted by Crippen LogP contribution is 2.19. The number of benzene rings is 2. The molecule has 2 N–H and O–H groups in total. The normalized spacial score (nSPS) is 10.5. The quantitative estimate of drug-likeness (QED) is 0.496. The van der Waals surface area contributed by atoms with Crippen molar-refractivity contribution in [3.63, 3.8) is 0 Å². The van der Waals surface area contributed by atoms with E-state index in [0.29, 0.717) is 11.1 Å². The van der Waals surface area contributed by atoms with Gasteiger partial charge >= 0.3 is 0 Å². The lowest BCUT2D eigenvalue weighted by atomic mass is 10.2. The third-order valence-corrected chi connectivity index (χ3v) is 4.49. The van der Waals surface area contributed by atoms with E-state index in [1.807, 2.05) is 48.0 Å². The number of para-hydroxylation sites is 1. The maximum absolute atomic E-state index is 12.4. The fourth-order valence-electron chi connectivity index (χ4n) is 2.42. The fourth-order valence-corrected chi connectivity index (χ4v) is 3.05. The highest BCUT2D eigenvalue weighted by molar-refractivity contribution is 14.1. The second-order valence-electron chi connectivity index (χ2n) is 5.06. The van der Waals surface area contributed by atoms with Crippen LogP contribution in [0.5, 0.6) is 0 Å². The van der Waals surface area contributed by atoms with E-state index in [4.69, 9.17) is 0 Å². The maximum atomic E-state index is 12.4. The smallest absolute Gasteiger partial charge is 0.271 e. The average molecular weight is 419 g/mol. The Morgan fingerprint density at radius 2 is 1.52 bits per heavy atom. The van der Waals surface area contributed by atoms with Crippen LogP contribution in [-0.4, -0.2) is 16.4 Å². The van der Waals surface area contributed by atoms with Gasteiger partial charge < -0.3 is 4.57 Å². The van der Waals surface area contributed by atoms with E-state index < -0.39 is 0 Å². The first kappa shape index (κ1) is 15.5. The fraction of sp³-hybridized carbons (Fsp3) is 0.0588. The molecule has 0 unspecified atom stereocenters. The molecule has 3 rings (SSSR count). The molecule has 0 aliphatic rings. The number of halogens is 1. The SMILES string of the molecule is Cn1cc(C(=O)NNC(=O)c2ccccc2I)c2ccccc21. The van der Waals surface area contributed by atoms with Crippen LogP contribution in [0.15, 0.2) is 54.7 Å². The van der Waals surface area contributed by atoms with Crippen molar-refractivity contribution in [3.8, 4) is 0 Å². The molecule has 5 nitrogen and oxygen atoms in total. The molecule has 2 aromatic carbocycles. The highest BCUT2D eigenvalue weighted by atomic mass is 127. The third kappa shape index (κ3) is 3.07. The van der Waals surface area contributed by atoms with Gasteiger partial charge in [-0.1, -0.05) is 30.3 Å². The summed E-state index contributed by atoms with van der Waals surface area (Å²) in [5, 5.41) is 0.844. The van der Waals surface area contributed by atoms with Crippen molar-refractivity contribution in [2.24, 2.45) is 7.05 Å². The van der Waals surface area contributed by atoms with Crippen LogP contribution in [-0.2, 0) is 7.05 Å². The number of hydrogen-bond donors (Lipinski definition) is 2. The minimum Gasteiger partial charge on any atom is -0.350 e. The molecule has 2 amide bonds. The largest absolute Gasteiger partial charge is 0.350 e. The van der Waals surface area contributed by atoms with Crippen LogP contribution in [0.3, 0.4) is 0 Å². The van der Waals surface area contributed by atoms with Gasteiger partial charge in [-0.15, -0.1) is 0 Å². The standard InChI is InChI=1S/C17H14IN3O2/c1-21-10-13(11-6-3-5-9-15(11)21)17(23)20-19-16(22)12-7-2-4-8-14(12)18/h2-10H,1H3,(H,19,22)(H,20,23). The van der Waals surface area contributed by atoms with Crippen LogP contribution >= 0.6 is 22.6 Å². The van der Waals surface area contributed by atoms with Gasteiger partial charge in [0.05, 0.1) is 11.1 Å². The van der Waals surface area contributed by atoms with Crippen LogP contribution in [0.4, 0.5) is 0 Å². The number of amides is 2. The van der Waals surface area contributed by atoms with Crippen molar-refractivity contribution >= 4 is 45.3 Å². The van der Waals surface area contributed by atoms with Crippen molar-refractivity contribution in [2.75, 3.05) is 0 Å². The first-order valence-corrected chi connectivity index (χ1v) is 8.05. The Labute approximate surface area is 146 Å². The van der Waals surface area contributed by atoms with Crippen LogP contribution in [0.1, 0.15) is 20.7 Å². The van der Waals surface area contributed by atoms with E-state index in [9.17, 15) is 9.59 Å². The van der Waals surface area contributed by atoms with E-state index in [2.05, 4.69) is 33.4 Å². The Morgan fingerprint density at radius 1 is 0.913 bits per heavy atom. The van der Waals surface area contributed by atoms with Crippen molar-refractivity contribution in [1.29, 1.82) is 0 Å². The molecule has 0 saturated carbocycles. The summed E-state index contributed by atoms with van der Waals surface area (Å²) < 4.78 is 2.70. The molecule has 116 valence electrons. The number of rotatable bonds is 2. The molecule has 23 heavy (non-hydrogen) atoms. The Balaban J connectivity index is 1.77. The van der Waals surface area contributed by atoms with Gasteiger partial charge in [0.2, 0.25) is 0 Å². The lowest BCUT2D eigenvalue weighted by Gasteiger charge is -2.08.